The zero-order chi connectivity index (χ0) is 14.5. The minimum Gasteiger partial charge on any atom is -0.468 e. The summed E-state index contributed by atoms with van der Waals surface area (Å²) in [7, 11) is 1.29. The quantitative estimate of drug-likeness (QED) is 0.831. The van der Waals surface area contributed by atoms with Crippen molar-refractivity contribution >= 4 is 11.9 Å². The number of rotatable bonds is 4. The number of carbonyl (C=O) groups is 2. The molecule has 0 spiro atoms. The van der Waals surface area contributed by atoms with Crippen LogP contribution in [0.3, 0.4) is 0 Å². The van der Waals surface area contributed by atoms with Gasteiger partial charge < -0.3 is 14.6 Å². The number of hydrogen-bond acceptors (Lipinski definition) is 4. The highest BCUT2D eigenvalue weighted by Crippen LogP contribution is 2.24. The molecule has 0 atom stereocenters. The van der Waals surface area contributed by atoms with Crippen molar-refractivity contribution in [3.05, 3.63) is 34.2 Å². The van der Waals surface area contributed by atoms with Gasteiger partial charge in [-0.1, -0.05) is 12.8 Å². The van der Waals surface area contributed by atoms with Gasteiger partial charge in [0.15, 0.2) is 0 Å². The van der Waals surface area contributed by atoms with Crippen molar-refractivity contribution in [3.8, 4) is 0 Å². The van der Waals surface area contributed by atoms with Crippen LogP contribution in [0.5, 0.6) is 0 Å². The lowest BCUT2D eigenvalue weighted by molar-refractivity contribution is -0.141. The van der Waals surface area contributed by atoms with Crippen molar-refractivity contribution in [3.63, 3.8) is 0 Å². The van der Waals surface area contributed by atoms with Gasteiger partial charge in [0.05, 0.1) is 7.11 Å². The molecule has 0 aromatic carbocycles. The third kappa shape index (κ3) is 3.07. The van der Waals surface area contributed by atoms with Crippen LogP contribution < -0.4 is 5.56 Å². The molecule has 0 bridgehead atoms. The second-order valence-corrected chi connectivity index (χ2v) is 4.86. The lowest BCUT2D eigenvalue weighted by Crippen LogP contribution is -2.44. The molecular formula is C14H18N2O4. The number of esters is 1. The summed E-state index contributed by atoms with van der Waals surface area (Å²) in [5, 5.41) is 0. The smallest absolute Gasteiger partial charge is 0.325 e. The number of methoxy groups -OCH3 is 1. The molecule has 1 saturated carbocycles. The molecule has 1 aromatic heterocycles. The molecule has 1 fully saturated rings. The maximum absolute atomic E-state index is 12.5. The number of hydrogen-bond donors (Lipinski definition) is 1. The van der Waals surface area contributed by atoms with E-state index in [1.807, 2.05) is 0 Å². The fourth-order valence-corrected chi connectivity index (χ4v) is 2.53. The Balaban J connectivity index is 2.25. The number of aromatic amines is 1. The fraction of sp³-hybridized carbons (Fsp3) is 0.500. The van der Waals surface area contributed by atoms with E-state index in [4.69, 9.17) is 0 Å². The summed E-state index contributed by atoms with van der Waals surface area (Å²) in [6.07, 6.45) is 5.24. The van der Waals surface area contributed by atoms with Crippen molar-refractivity contribution < 1.29 is 14.3 Å². The second-order valence-electron chi connectivity index (χ2n) is 4.86. The summed E-state index contributed by atoms with van der Waals surface area (Å²) in [4.78, 5) is 39.7. The van der Waals surface area contributed by atoms with Crippen LogP contribution in [-0.4, -0.2) is 41.5 Å². The van der Waals surface area contributed by atoms with E-state index in [1.54, 1.807) is 6.07 Å². The molecular weight excluding hydrogens is 260 g/mol. The highest BCUT2D eigenvalue weighted by atomic mass is 16.5. The van der Waals surface area contributed by atoms with Crippen LogP contribution in [0.25, 0.3) is 0 Å². The number of nitrogens with one attached hydrogen (secondary N) is 1. The summed E-state index contributed by atoms with van der Waals surface area (Å²) in [5.74, 6) is -0.887. The first-order chi connectivity index (χ1) is 9.63. The molecule has 1 amide bonds. The summed E-state index contributed by atoms with van der Waals surface area (Å²) >= 11 is 0. The second kappa shape index (κ2) is 6.36. The van der Waals surface area contributed by atoms with E-state index in [9.17, 15) is 14.4 Å². The molecule has 0 saturated heterocycles. The molecule has 1 aliphatic carbocycles. The van der Waals surface area contributed by atoms with Crippen molar-refractivity contribution in [2.75, 3.05) is 13.7 Å². The van der Waals surface area contributed by atoms with Gasteiger partial charge in [-0.2, -0.15) is 0 Å². The Morgan fingerprint density at radius 3 is 2.70 bits per heavy atom. The molecule has 1 aromatic rings. The average Bonchev–Trinajstić information content (AvgIpc) is 2.98. The van der Waals surface area contributed by atoms with E-state index < -0.39 is 17.4 Å². The topological polar surface area (TPSA) is 79.5 Å². The standard InChI is InChI=1S/C14H18N2O4/c1-20-12(17)9-16(10-5-2-3-6-10)14(19)11-7-4-8-15-13(11)18/h4,7-8,10H,2-3,5-6,9H2,1H3,(H,15,18). The Labute approximate surface area is 116 Å². The molecule has 0 aliphatic heterocycles. The predicted molar refractivity (Wildman–Crippen MR) is 72.4 cm³/mol. The monoisotopic (exact) mass is 278 g/mol. The number of carbonyl (C=O) groups excluding carboxylic acids is 2. The summed E-state index contributed by atoms with van der Waals surface area (Å²) < 4.78 is 4.64. The normalized spacial score (nSPS) is 15.1. The summed E-state index contributed by atoms with van der Waals surface area (Å²) in [6.45, 7) is -0.117. The van der Waals surface area contributed by atoms with Crippen LogP contribution in [0.15, 0.2) is 23.1 Å². The first-order valence-electron chi connectivity index (χ1n) is 6.69. The van der Waals surface area contributed by atoms with Gasteiger partial charge in [-0.05, 0) is 25.0 Å². The Bertz CT molecular complexity index is 546. The predicted octanol–water partition coefficient (Wildman–Crippen LogP) is 0.933. The van der Waals surface area contributed by atoms with E-state index in [2.05, 4.69) is 9.72 Å². The van der Waals surface area contributed by atoms with E-state index >= 15 is 0 Å². The number of nitrogens with zero attached hydrogens (tertiary/aromatic N) is 1. The molecule has 0 radical (unpaired) electrons. The van der Waals surface area contributed by atoms with E-state index in [0.717, 1.165) is 25.7 Å². The van der Waals surface area contributed by atoms with Gasteiger partial charge in [0.2, 0.25) is 0 Å². The van der Waals surface area contributed by atoms with E-state index in [-0.39, 0.29) is 18.2 Å². The number of amides is 1. The Morgan fingerprint density at radius 2 is 2.10 bits per heavy atom. The van der Waals surface area contributed by atoms with Crippen molar-refractivity contribution in [1.29, 1.82) is 0 Å². The molecule has 0 unspecified atom stereocenters. The van der Waals surface area contributed by atoms with Gasteiger partial charge in [0.1, 0.15) is 12.1 Å². The van der Waals surface area contributed by atoms with Crippen LogP contribution in [-0.2, 0) is 9.53 Å². The maximum Gasteiger partial charge on any atom is 0.325 e. The van der Waals surface area contributed by atoms with E-state index in [0.29, 0.717) is 0 Å². The van der Waals surface area contributed by atoms with Crippen LogP contribution in [0.4, 0.5) is 0 Å². The average molecular weight is 278 g/mol. The Kier molecular flexibility index (Phi) is 4.55. The third-order valence-corrected chi connectivity index (χ3v) is 3.60. The molecule has 1 heterocycles. The minimum absolute atomic E-state index is 0.00112. The van der Waals surface area contributed by atoms with Crippen molar-refractivity contribution in [2.45, 2.75) is 31.7 Å². The van der Waals surface area contributed by atoms with Crippen molar-refractivity contribution in [2.24, 2.45) is 0 Å². The summed E-state index contributed by atoms with van der Waals surface area (Å²) in [5.41, 5.74) is -0.381. The lowest BCUT2D eigenvalue weighted by Gasteiger charge is -2.27. The lowest BCUT2D eigenvalue weighted by atomic mass is 10.1. The van der Waals surface area contributed by atoms with Gasteiger partial charge in [-0.15, -0.1) is 0 Å². The van der Waals surface area contributed by atoms with Crippen LogP contribution in [0.1, 0.15) is 36.0 Å². The molecule has 6 heteroatoms. The summed E-state index contributed by atoms with van der Waals surface area (Å²) in [6, 6.07) is 3.07. The molecule has 6 nitrogen and oxygen atoms in total. The zero-order valence-corrected chi connectivity index (χ0v) is 11.4. The van der Waals surface area contributed by atoms with Crippen molar-refractivity contribution in [1.82, 2.24) is 9.88 Å². The first kappa shape index (κ1) is 14.3. The van der Waals surface area contributed by atoms with Crippen LogP contribution in [0, 0.1) is 0 Å². The Hall–Kier alpha value is -2.11. The van der Waals surface area contributed by atoms with Gasteiger partial charge in [0, 0.05) is 12.2 Å². The SMILES string of the molecule is COC(=O)CN(C(=O)c1ccc[nH]c1=O)C1CCCC1. The first-order valence-corrected chi connectivity index (χ1v) is 6.69. The number of pyridine rings is 1. The van der Waals surface area contributed by atoms with Gasteiger partial charge in [-0.25, -0.2) is 0 Å². The highest BCUT2D eigenvalue weighted by Gasteiger charge is 2.30. The van der Waals surface area contributed by atoms with Gasteiger partial charge >= 0.3 is 5.97 Å². The van der Waals surface area contributed by atoms with E-state index in [1.165, 1.54) is 24.3 Å². The fourth-order valence-electron chi connectivity index (χ4n) is 2.53. The number of ether oxygens (including phenoxy) is 1. The number of H-pyrrole nitrogens is 1. The largest absolute Gasteiger partial charge is 0.468 e. The van der Waals surface area contributed by atoms with Crippen LogP contribution in [0.2, 0.25) is 0 Å². The van der Waals surface area contributed by atoms with Gasteiger partial charge in [0.25, 0.3) is 11.5 Å². The Morgan fingerprint density at radius 1 is 1.40 bits per heavy atom. The molecule has 1 aliphatic rings. The molecule has 20 heavy (non-hydrogen) atoms. The molecule has 108 valence electrons. The maximum atomic E-state index is 12.5. The minimum atomic E-state index is -0.474. The third-order valence-electron chi connectivity index (χ3n) is 3.60. The van der Waals surface area contributed by atoms with Crippen LogP contribution >= 0.6 is 0 Å². The molecule has 1 N–H and O–H groups in total. The van der Waals surface area contributed by atoms with Gasteiger partial charge in [-0.3, -0.25) is 14.4 Å². The highest BCUT2D eigenvalue weighted by molar-refractivity contribution is 5.95. The zero-order valence-electron chi connectivity index (χ0n) is 11.4. The number of aromatic nitrogens is 1. The molecule has 2 rings (SSSR count).